The number of hydrogen-bond donors (Lipinski definition) is 1. The number of carbonyl (C=O) groups is 2. The Bertz CT molecular complexity index is 783. The predicted octanol–water partition coefficient (Wildman–Crippen LogP) is 3.40. The Morgan fingerprint density at radius 1 is 1.22 bits per heavy atom. The van der Waals surface area contributed by atoms with Crippen LogP contribution in [0.4, 0.5) is 4.79 Å². The van der Waals surface area contributed by atoms with Crippen molar-refractivity contribution in [3.05, 3.63) is 35.4 Å². The third-order valence-corrected chi connectivity index (χ3v) is 7.24. The molecule has 0 unspecified atom stereocenters. The van der Waals surface area contributed by atoms with Gasteiger partial charge in [0.25, 0.3) is 0 Å². The van der Waals surface area contributed by atoms with Crippen molar-refractivity contribution in [3.63, 3.8) is 0 Å². The number of nitrogens with one attached hydrogen (secondary N) is 1. The van der Waals surface area contributed by atoms with Crippen LogP contribution in [-0.4, -0.2) is 42.1 Å². The topological polar surface area (TPSA) is 58.6 Å². The summed E-state index contributed by atoms with van der Waals surface area (Å²) in [5.41, 5.74) is 2.98. The number of benzene rings is 1. The van der Waals surface area contributed by atoms with Crippen molar-refractivity contribution in [2.75, 3.05) is 19.7 Å². The quantitative estimate of drug-likeness (QED) is 0.889. The number of cyclic esters (lactones) is 1. The van der Waals surface area contributed by atoms with Gasteiger partial charge in [-0.05, 0) is 48.6 Å². The van der Waals surface area contributed by atoms with Crippen molar-refractivity contribution in [3.8, 4) is 0 Å². The summed E-state index contributed by atoms with van der Waals surface area (Å²) in [6.45, 7) is 6.72. The van der Waals surface area contributed by atoms with E-state index in [2.05, 4.69) is 43.4 Å². The van der Waals surface area contributed by atoms with Crippen LogP contribution in [0.5, 0.6) is 0 Å². The molecule has 144 valence electrons. The molecule has 4 fully saturated rings. The third-order valence-electron chi connectivity index (χ3n) is 7.24. The zero-order valence-electron chi connectivity index (χ0n) is 16.2. The second-order valence-corrected chi connectivity index (χ2v) is 9.71. The summed E-state index contributed by atoms with van der Waals surface area (Å²) in [5.74, 6) is 1.55. The van der Waals surface area contributed by atoms with Crippen molar-refractivity contribution in [1.29, 1.82) is 0 Å². The molecule has 5 nitrogen and oxygen atoms in total. The van der Waals surface area contributed by atoms with Crippen LogP contribution in [0.1, 0.15) is 62.5 Å². The predicted molar refractivity (Wildman–Crippen MR) is 101 cm³/mol. The molecule has 5 rings (SSSR count). The SMILES string of the molecule is CC(C)c1cccc(C2CC3(C2)CN(C(=O)C2CC4(COC(=O)N4)C2)C3)c1. The van der Waals surface area contributed by atoms with Crippen LogP contribution in [0.25, 0.3) is 0 Å². The molecule has 1 aromatic rings. The molecule has 1 aromatic carbocycles. The second kappa shape index (κ2) is 5.73. The van der Waals surface area contributed by atoms with Crippen molar-refractivity contribution in [2.45, 2.75) is 56.9 Å². The fourth-order valence-electron chi connectivity index (χ4n) is 5.60. The average Bonchev–Trinajstić information content (AvgIpc) is 2.93. The number of alkyl carbamates (subject to hydrolysis) is 1. The molecule has 5 heteroatoms. The Hall–Kier alpha value is -2.04. The fraction of sp³-hybridized carbons (Fsp3) is 0.636. The number of nitrogens with zero attached hydrogens (tertiary/aromatic N) is 1. The Morgan fingerprint density at radius 3 is 2.59 bits per heavy atom. The zero-order chi connectivity index (χ0) is 18.8. The van der Waals surface area contributed by atoms with Crippen LogP contribution in [0.15, 0.2) is 24.3 Å². The first-order valence-corrected chi connectivity index (χ1v) is 10.2. The molecule has 2 aliphatic heterocycles. The average molecular weight is 368 g/mol. The highest BCUT2D eigenvalue weighted by atomic mass is 16.6. The smallest absolute Gasteiger partial charge is 0.407 e. The number of likely N-dealkylation sites (tertiary alicyclic amines) is 1. The summed E-state index contributed by atoms with van der Waals surface area (Å²) in [7, 11) is 0. The number of amides is 2. The molecule has 2 aliphatic carbocycles. The fourth-order valence-corrected chi connectivity index (χ4v) is 5.60. The molecule has 2 amide bonds. The maximum absolute atomic E-state index is 12.7. The lowest BCUT2D eigenvalue weighted by Gasteiger charge is -2.60. The van der Waals surface area contributed by atoms with E-state index >= 15 is 0 Å². The Kier molecular flexibility index (Phi) is 3.62. The minimum absolute atomic E-state index is 0.0583. The van der Waals surface area contributed by atoms with Crippen molar-refractivity contribution in [2.24, 2.45) is 11.3 Å². The van der Waals surface area contributed by atoms with Crippen LogP contribution >= 0.6 is 0 Å². The van der Waals surface area contributed by atoms with Gasteiger partial charge in [-0.3, -0.25) is 4.79 Å². The lowest BCUT2D eigenvalue weighted by atomic mass is 9.55. The molecule has 2 spiro atoms. The minimum atomic E-state index is -0.342. The molecule has 0 bridgehead atoms. The number of ether oxygens (including phenoxy) is 1. The van der Waals surface area contributed by atoms with Gasteiger partial charge in [0.05, 0.1) is 5.54 Å². The van der Waals surface area contributed by atoms with Gasteiger partial charge in [0, 0.05) is 24.4 Å². The zero-order valence-corrected chi connectivity index (χ0v) is 16.2. The van der Waals surface area contributed by atoms with Crippen LogP contribution in [0, 0.1) is 11.3 Å². The van der Waals surface area contributed by atoms with Gasteiger partial charge >= 0.3 is 6.09 Å². The van der Waals surface area contributed by atoms with Gasteiger partial charge < -0.3 is 15.0 Å². The monoisotopic (exact) mass is 368 g/mol. The molecular weight excluding hydrogens is 340 g/mol. The van der Waals surface area contributed by atoms with Gasteiger partial charge in [0.15, 0.2) is 0 Å². The normalized spacial score (nSPS) is 27.7. The maximum atomic E-state index is 12.7. The first kappa shape index (κ1) is 17.1. The van der Waals surface area contributed by atoms with Crippen molar-refractivity contribution in [1.82, 2.24) is 10.2 Å². The number of hydrogen-bond acceptors (Lipinski definition) is 3. The van der Waals surface area contributed by atoms with Gasteiger partial charge in [-0.1, -0.05) is 38.1 Å². The third kappa shape index (κ3) is 2.74. The standard InChI is InChI=1S/C22H28N2O3/c1-14(2)15-4-3-5-16(6-15)17-7-21(8-17)11-24(12-21)19(25)18-9-22(10-18)13-27-20(26)23-22/h3-6,14,17-18H,7-13H2,1-2H3,(H,23,26). The molecule has 27 heavy (non-hydrogen) atoms. The van der Waals surface area contributed by atoms with Gasteiger partial charge in [-0.15, -0.1) is 0 Å². The molecule has 0 radical (unpaired) electrons. The van der Waals surface area contributed by atoms with Crippen LogP contribution in [0.3, 0.4) is 0 Å². The van der Waals surface area contributed by atoms with E-state index in [9.17, 15) is 9.59 Å². The highest BCUT2D eigenvalue weighted by Crippen LogP contribution is 2.57. The summed E-state index contributed by atoms with van der Waals surface area (Å²) in [4.78, 5) is 26.0. The molecule has 0 atom stereocenters. The highest BCUT2D eigenvalue weighted by molar-refractivity contribution is 5.82. The Balaban J connectivity index is 1.12. The molecule has 1 N–H and O–H groups in total. The van der Waals surface area contributed by atoms with Gasteiger partial charge in [0.2, 0.25) is 5.91 Å². The van der Waals surface area contributed by atoms with Crippen LogP contribution in [0.2, 0.25) is 0 Å². The van der Waals surface area contributed by atoms with E-state index < -0.39 is 0 Å². The van der Waals surface area contributed by atoms with Gasteiger partial charge in [0.1, 0.15) is 6.61 Å². The molecule has 4 aliphatic rings. The Morgan fingerprint density at radius 2 is 1.96 bits per heavy atom. The summed E-state index contributed by atoms with van der Waals surface area (Å²) >= 11 is 0. The lowest BCUT2D eigenvalue weighted by molar-refractivity contribution is -0.161. The summed E-state index contributed by atoms with van der Waals surface area (Å²) < 4.78 is 5.00. The first-order valence-electron chi connectivity index (χ1n) is 10.2. The number of rotatable bonds is 3. The van der Waals surface area contributed by atoms with Crippen LogP contribution in [-0.2, 0) is 9.53 Å². The molecule has 2 heterocycles. The van der Waals surface area contributed by atoms with E-state index in [1.807, 2.05) is 4.90 Å². The van der Waals surface area contributed by atoms with Crippen molar-refractivity contribution >= 4 is 12.0 Å². The summed E-state index contributed by atoms with van der Waals surface area (Å²) in [6, 6.07) is 9.03. The first-order chi connectivity index (χ1) is 12.9. The van der Waals surface area contributed by atoms with Gasteiger partial charge in [-0.25, -0.2) is 4.79 Å². The molecule has 2 saturated heterocycles. The number of carbonyl (C=O) groups excluding carboxylic acids is 2. The largest absolute Gasteiger partial charge is 0.447 e. The van der Waals surface area contributed by atoms with E-state index in [0.717, 1.165) is 25.9 Å². The van der Waals surface area contributed by atoms with Crippen LogP contribution < -0.4 is 5.32 Å². The van der Waals surface area contributed by atoms with E-state index in [0.29, 0.717) is 23.9 Å². The Labute approximate surface area is 160 Å². The van der Waals surface area contributed by atoms with Crippen molar-refractivity contribution < 1.29 is 14.3 Å². The van der Waals surface area contributed by atoms with E-state index in [1.54, 1.807) is 0 Å². The van der Waals surface area contributed by atoms with E-state index in [4.69, 9.17) is 4.74 Å². The van der Waals surface area contributed by atoms with E-state index in [1.165, 1.54) is 24.0 Å². The molecule has 0 aromatic heterocycles. The maximum Gasteiger partial charge on any atom is 0.407 e. The van der Waals surface area contributed by atoms with E-state index in [-0.39, 0.29) is 23.5 Å². The summed E-state index contributed by atoms with van der Waals surface area (Å²) in [5, 5.41) is 2.87. The minimum Gasteiger partial charge on any atom is -0.447 e. The second-order valence-electron chi connectivity index (χ2n) is 9.71. The lowest BCUT2D eigenvalue weighted by Crippen LogP contribution is -2.66. The van der Waals surface area contributed by atoms with Gasteiger partial charge in [-0.2, -0.15) is 0 Å². The molecule has 2 saturated carbocycles. The summed E-state index contributed by atoms with van der Waals surface area (Å²) in [6.07, 6.45) is 3.52. The highest BCUT2D eigenvalue weighted by Gasteiger charge is 2.58. The molecular formula is C22H28N2O3.